The first-order chi connectivity index (χ1) is 14.5. The summed E-state index contributed by atoms with van der Waals surface area (Å²) in [4.78, 5) is 28.9. The lowest BCUT2D eigenvalue weighted by atomic mass is 10.2. The van der Waals surface area contributed by atoms with Gasteiger partial charge in [0.1, 0.15) is 0 Å². The number of thiophene rings is 1. The molecule has 0 aliphatic carbocycles. The number of thiazole rings is 1. The number of nitro benzene ring substituents is 1. The number of rotatable bonds is 6. The average molecular weight is 442 g/mol. The molecule has 30 heavy (non-hydrogen) atoms. The van der Waals surface area contributed by atoms with Gasteiger partial charge in [-0.1, -0.05) is 17.4 Å². The number of carbonyl (C=O) groups is 1. The van der Waals surface area contributed by atoms with Crippen LogP contribution in [0.25, 0.3) is 20.3 Å². The maximum Gasteiger partial charge on any atom is 0.289 e. The molecule has 0 atom stereocenters. The summed E-state index contributed by atoms with van der Waals surface area (Å²) in [6, 6.07) is 12.4. The zero-order valence-corrected chi connectivity index (χ0v) is 18.1. The van der Waals surface area contributed by atoms with Crippen LogP contribution in [0.3, 0.4) is 0 Å². The minimum atomic E-state index is -0.441. The van der Waals surface area contributed by atoms with Crippen molar-refractivity contribution in [3.63, 3.8) is 0 Å². The monoisotopic (exact) mass is 441 g/mol. The van der Waals surface area contributed by atoms with Crippen LogP contribution in [0.15, 0.2) is 47.5 Å². The molecule has 0 saturated heterocycles. The van der Waals surface area contributed by atoms with Gasteiger partial charge in [0.15, 0.2) is 4.80 Å². The molecule has 9 heteroatoms. The molecule has 0 bridgehead atoms. The van der Waals surface area contributed by atoms with Crippen LogP contribution >= 0.6 is 22.7 Å². The Hall–Kier alpha value is -2.88. The number of aromatic nitrogens is 1. The van der Waals surface area contributed by atoms with Crippen LogP contribution in [-0.4, -0.2) is 28.6 Å². The Morgan fingerprint density at radius 1 is 1.17 bits per heavy atom. The zero-order valence-electron chi connectivity index (χ0n) is 16.5. The number of ether oxygens (including phenoxy) is 1. The van der Waals surface area contributed by atoms with Gasteiger partial charge in [0.2, 0.25) is 0 Å². The highest BCUT2D eigenvalue weighted by molar-refractivity contribution is 7.21. The summed E-state index contributed by atoms with van der Waals surface area (Å²) in [6.07, 6.45) is 0. The molecule has 0 N–H and O–H groups in total. The van der Waals surface area contributed by atoms with Gasteiger partial charge < -0.3 is 9.30 Å². The summed E-state index contributed by atoms with van der Waals surface area (Å²) in [5.74, 6) is -0.354. The molecule has 2 aromatic carbocycles. The van der Waals surface area contributed by atoms with Crippen LogP contribution in [0.4, 0.5) is 5.69 Å². The second-order valence-electron chi connectivity index (χ2n) is 6.71. The second-order valence-corrected chi connectivity index (χ2v) is 8.80. The van der Waals surface area contributed by atoms with Crippen LogP contribution in [0, 0.1) is 17.0 Å². The molecule has 154 valence electrons. The Balaban J connectivity index is 1.76. The third kappa shape index (κ3) is 4.04. The summed E-state index contributed by atoms with van der Waals surface area (Å²) in [5.41, 5.74) is 2.17. The van der Waals surface area contributed by atoms with E-state index >= 15 is 0 Å². The van der Waals surface area contributed by atoms with Gasteiger partial charge in [0, 0.05) is 35.4 Å². The third-order valence-corrected chi connectivity index (χ3v) is 6.77. The second kappa shape index (κ2) is 8.47. The first kappa shape index (κ1) is 20.4. The number of amides is 1. The van der Waals surface area contributed by atoms with Crippen molar-refractivity contribution < 1.29 is 14.5 Å². The fourth-order valence-electron chi connectivity index (χ4n) is 3.17. The lowest BCUT2D eigenvalue weighted by molar-refractivity contribution is -0.384. The molecule has 0 unspecified atom stereocenters. The fraction of sp³-hybridized carbons (Fsp3) is 0.238. The predicted molar refractivity (Wildman–Crippen MR) is 119 cm³/mol. The van der Waals surface area contributed by atoms with Crippen LogP contribution in [-0.2, 0) is 11.3 Å². The molecule has 1 amide bonds. The Bertz CT molecular complexity index is 1330. The largest absolute Gasteiger partial charge is 0.380 e. The molecule has 0 saturated carbocycles. The highest BCUT2D eigenvalue weighted by Crippen LogP contribution is 2.29. The summed E-state index contributed by atoms with van der Waals surface area (Å²) in [6.45, 7) is 5.73. The number of non-ortho nitro benzene ring substituents is 1. The minimum absolute atomic E-state index is 0.00452. The average Bonchev–Trinajstić information content (AvgIpc) is 3.28. The van der Waals surface area contributed by atoms with Gasteiger partial charge in [-0.05, 0) is 43.7 Å². The standard InChI is InChI=1S/C21H19N3O4S2/c1-3-28-9-8-23-16-6-4-13(2)10-18(16)30-21(23)22-20(25)19-12-14-11-15(24(26)27)5-7-17(14)29-19/h4-7,10-12H,3,8-9H2,1-2H3. The number of benzene rings is 2. The maximum atomic E-state index is 12.9. The predicted octanol–water partition coefficient (Wildman–Crippen LogP) is 4.91. The van der Waals surface area contributed by atoms with Gasteiger partial charge in [0.25, 0.3) is 11.6 Å². The smallest absolute Gasteiger partial charge is 0.289 e. The van der Waals surface area contributed by atoms with E-state index < -0.39 is 4.92 Å². The van der Waals surface area contributed by atoms with E-state index in [1.165, 1.54) is 34.8 Å². The molecule has 7 nitrogen and oxygen atoms in total. The number of hydrogen-bond acceptors (Lipinski definition) is 6. The summed E-state index contributed by atoms with van der Waals surface area (Å²) >= 11 is 2.75. The van der Waals surface area contributed by atoms with E-state index in [1.807, 2.05) is 30.5 Å². The summed E-state index contributed by atoms with van der Waals surface area (Å²) in [5, 5.41) is 11.7. The van der Waals surface area contributed by atoms with Crippen LogP contribution in [0.1, 0.15) is 22.2 Å². The Kier molecular flexibility index (Phi) is 5.76. The molecular weight excluding hydrogens is 422 g/mol. The molecule has 0 aliphatic heterocycles. The van der Waals surface area contributed by atoms with Gasteiger partial charge >= 0.3 is 0 Å². The van der Waals surface area contributed by atoms with Crippen LogP contribution in [0.5, 0.6) is 0 Å². The normalized spacial score (nSPS) is 12.1. The summed E-state index contributed by atoms with van der Waals surface area (Å²) < 4.78 is 9.38. The van der Waals surface area contributed by atoms with Crippen molar-refractivity contribution in [1.82, 2.24) is 4.57 Å². The lowest BCUT2D eigenvalue weighted by Crippen LogP contribution is -2.19. The van der Waals surface area contributed by atoms with Gasteiger partial charge in [0.05, 0.1) is 26.6 Å². The Labute approximate surface area is 180 Å². The number of hydrogen-bond donors (Lipinski definition) is 0. The van der Waals surface area contributed by atoms with Gasteiger partial charge in [-0.2, -0.15) is 4.99 Å². The number of aryl methyl sites for hydroxylation is 1. The van der Waals surface area contributed by atoms with E-state index in [0.717, 1.165) is 20.5 Å². The van der Waals surface area contributed by atoms with E-state index in [9.17, 15) is 14.9 Å². The van der Waals surface area contributed by atoms with Crippen molar-refractivity contribution in [3.8, 4) is 0 Å². The highest BCUT2D eigenvalue weighted by Gasteiger charge is 2.14. The lowest BCUT2D eigenvalue weighted by Gasteiger charge is -2.05. The van der Waals surface area contributed by atoms with E-state index in [0.29, 0.717) is 34.8 Å². The zero-order chi connectivity index (χ0) is 21.3. The molecule has 0 aliphatic rings. The molecule has 0 fully saturated rings. The van der Waals surface area contributed by atoms with Crippen molar-refractivity contribution >= 4 is 54.6 Å². The van der Waals surface area contributed by atoms with Gasteiger partial charge in [-0.15, -0.1) is 11.3 Å². The first-order valence-corrected chi connectivity index (χ1v) is 11.0. The van der Waals surface area contributed by atoms with Crippen LogP contribution < -0.4 is 4.80 Å². The first-order valence-electron chi connectivity index (χ1n) is 9.41. The van der Waals surface area contributed by atoms with Crippen LogP contribution in [0.2, 0.25) is 0 Å². The topological polar surface area (TPSA) is 86.7 Å². The Morgan fingerprint density at radius 3 is 2.77 bits per heavy atom. The van der Waals surface area contributed by atoms with Crippen molar-refractivity contribution in [1.29, 1.82) is 0 Å². The fourth-order valence-corrected chi connectivity index (χ4v) is 5.25. The number of nitrogens with zero attached hydrogens (tertiary/aromatic N) is 3. The van der Waals surface area contributed by atoms with Gasteiger partial charge in [-0.3, -0.25) is 14.9 Å². The third-order valence-electron chi connectivity index (χ3n) is 4.62. The molecular formula is C21H19N3O4S2. The van der Waals surface area contributed by atoms with Crippen molar-refractivity contribution in [2.75, 3.05) is 13.2 Å². The number of carbonyl (C=O) groups excluding carboxylic acids is 1. The van der Waals surface area contributed by atoms with Crippen molar-refractivity contribution in [3.05, 3.63) is 67.8 Å². The molecule has 2 aromatic heterocycles. The molecule has 2 heterocycles. The van der Waals surface area contributed by atoms with E-state index in [4.69, 9.17) is 4.74 Å². The number of nitro groups is 1. The number of fused-ring (bicyclic) bond motifs is 2. The van der Waals surface area contributed by atoms with Gasteiger partial charge in [-0.25, -0.2) is 0 Å². The maximum absolute atomic E-state index is 12.9. The molecule has 4 aromatic rings. The van der Waals surface area contributed by atoms with Crippen molar-refractivity contribution in [2.24, 2.45) is 4.99 Å². The Morgan fingerprint density at radius 2 is 2.00 bits per heavy atom. The highest BCUT2D eigenvalue weighted by atomic mass is 32.1. The minimum Gasteiger partial charge on any atom is -0.380 e. The van der Waals surface area contributed by atoms with E-state index in [1.54, 1.807) is 12.1 Å². The van der Waals surface area contributed by atoms with E-state index in [2.05, 4.69) is 11.1 Å². The SMILES string of the molecule is CCOCCn1c(=NC(=O)c2cc3cc([N+](=O)[O-])ccc3s2)sc2cc(C)ccc21. The quantitative estimate of drug-likeness (QED) is 0.242. The molecule has 0 spiro atoms. The van der Waals surface area contributed by atoms with E-state index in [-0.39, 0.29) is 11.6 Å². The summed E-state index contributed by atoms with van der Waals surface area (Å²) in [7, 11) is 0. The molecule has 4 rings (SSSR count). The molecule has 0 radical (unpaired) electrons. The van der Waals surface area contributed by atoms with Crippen molar-refractivity contribution in [2.45, 2.75) is 20.4 Å².